The fourth-order valence-electron chi connectivity index (χ4n) is 2.67. The van der Waals surface area contributed by atoms with Crippen LogP contribution in [0.15, 0.2) is 30.3 Å². The Balaban J connectivity index is 2.14. The molecule has 1 saturated heterocycles. The van der Waals surface area contributed by atoms with Gasteiger partial charge in [-0.15, -0.1) is 0 Å². The minimum atomic E-state index is -1.20. The number of methoxy groups -OCH3 is 3. The van der Waals surface area contributed by atoms with Crippen LogP contribution in [-0.4, -0.2) is 63.1 Å². The molecule has 1 N–H and O–H groups in total. The van der Waals surface area contributed by atoms with E-state index in [4.69, 9.17) is 23.7 Å². The van der Waals surface area contributed by atoms with Gasteiger partial charge in [0.15, 0.2) is 12.4 Å². The summed E-state index contributed by atoms with van der Waals surface area (Å²) < 4.78 is 27.3. The summed E-state index contributed by atoms with van der Waals surface area (Å²) in [6.07, 6.45) is -4.10. The van der Waals surface area contributed by atoms with E-state index in [2.05, 4.69) is 0 Å². The topological polar surface area (TPSA) is 83.5 Å². The van der Waals surface area contributed by atoms with Crippen molar-refractivity contribution in [3.8, 4) is 0 Å². The van der Waals surface area contributed by atoms with Crippen LogP contribution < -0.4 is 0 Å². The van der Waals surface area contributed by atoms with Crippen molar-refractivity contribution >= 4 is 5.97 Å². The second-order valence-electron chi connectivity index (χ2n) is 5.16. The number of carbonyl (C=O) groups is 1. The molecule has 7 heteroatoms. The van der Waals surface area contributed by atoms with Gasteiger partial charge in [0.2, 0.25) is 0 Å². The molecule has 128 valence electrons. The lowest BCUT2D eigenvalue weighted by Crippen LogP contribution is -2.62. The summed E-state index contributed by atoms with van der Waals surface area (Å²) in [4.78, 5) is 11.4. The maximum atomic E-state index is 11.4. The highest BCUT2D eigenvalue weighted by Gasteiger charge is 2.50. The number of aliphatic carboxylic acids is 1. The zero-order chi connectivity index (χ0) is 16.8. The summed E-state index contributed by atoms with van der Waals surface area (Å²) >= 11 is 0. The first-order chi connectivity index (χ1) is 11.1. The Morgan fingerprint density at radius 3 is 2.17 bits per heavy atom. The van der Waals surface area contributed by atoms with Crippen molar-refractivity contribution in [3.05, 3.63) is 35.9 Å². The predicted octanol–water partition coefficient (Wildman–Crippen LogP) is 1.06. The zero-order valence-corrected chi connectivity index (χ0v) is 13.4. The molecule has 1 fully saturated rings. The average molecular weight is 326 g/mol. The second kappa shape index (κ2) is 8.37. The van der Waals surface area contributed by atoms with E-state index in [1.807, 2.05) is 30.3 Å². The van der Waals surface area contributed by atoms with Crippen molar-refractivity contribution in [2.24, 2.45) is 0 Å². The van der Waals surface area contributed by atoms with Crippen molar-refractivity contribution < 1.29 is 33.6 Å². The molecule has 1 heterocycles. The molecule has 0 aliphatic carbocycles. The Bertz CT molecular complexity index is 492. The summed E-state index contributed by atoms with van der Waals surface area (Å²) in [7, 11) is 4.38. The minimum absolute atomic E-state index is 0.270. The number of hydrogen-bond donors (Lipinski definition) is 1. The Kier molecular flexibility index (Phi) is 6.49. The first-order valence-electron chi connectivity index (χ1n) is 7.24. The standard InChI is InChI=1S/C16H22O7/c1-19-11-12(20-2)14(21-3)16(23-13(11)15(17)18)22-9-10-7-5-4-6-8-10/h4-8,11-14,16H,9H2,1-3H3,(H,17,18)/t11-,12-,13-,14+,16-/m0/s1. The van der Waals surface area contributed by atoms with E-state index < -0.39 is 36.7 Å². The van der Waals surface area contributed by atoms with Crippen LogP contribution in [0.5, 0.6) is 0 Å². The summed E-state index contributed by atoms with van der Waals surface area (Å²) in [6.45, 7) is 0.270. The van der Waals surface area contributed by atoms with Crippen molar-refractivity contribution in [3.63, 3.8) is 0 Å². The van der Waals surface area contributed by atoms with Gasteiger partial charge in [0.25, 0.3) is 0 Å². The van der Waals surface area contributed by atoms with Gasteiger partial charge >= 0.3 is 5.97 Å². The number of carboxylic acids is 1. The van der Waals surface area contributed by atoms with E-state index >= 15 is 0 Å². The smallest absolute Gasteiger partial charge is 0.335 e. The van der Waals surface area contributed by atoms with Crippen LogP contribution in [0.25, 0.3) is 0 Å². The molecule has 2 rings (SSSR count). The van der Waals surface area contributed by atoms with E-state index in [-0.39, 0.29) is 6.61 Å². The summed E-state index contributed by atoms with van der Waals surface area (Å²) in [5.74, 6) is -1.14. The lowest BCUT2D eigenvalue weighted by Gasteiger charge is -2.43. The van der Waals surface area contributed by atoms with Crippen LogP contribution in [0.2, 0.25) is 0 Å². The Morgan fingerprint density at radius 1 is 1.04 bits per heavy atom. The van der Waals surface area contributed by atoms with Crippen LogP contribution in [0, 0.1) is 0 Å². The monoisotopic (exact) mass is 326 g/mol. The van der Waals surface area contributed by atoms with E-state index in [0.29, 0.717) is 0 Å². The zero-order valence-electron chi connectivity index (χ0n) is 13.4. The molecule has 5 atom stereocenters. The van der Waals surface area contributed by atoms with Crippen LogP contribution in [-0.2, 0) is 35.1 Å². The Labute approximate surface area is 135 Å². The molecule has 1 aliphatic rings. The first-order valence-corrected chi connectivity index (χ1v) is 7.24. The quantitative estimate of drug-likeness (QED) is 0.802. The summed E-state index contributed by atoms with van der Waals surface area (Å²) in [5, 5.41) is 9.36. The third-order valence-electron chi connectivity index (χ3n) is 3.81. The van der Waals surface area contributed by atoms with Crippen molar-refractivity contribution in [2.45, 2.75) is 37.3 Å². The van der Waals surface area contributed by atoms with Crippen LogP contribution in [0.3, 0.4) is 0 Å². The van der Waals surface area contributed by atoms with Gasteiger partial charge in [-0.25, -0.2) is 4.79 Å². The maximum absolute atomic E-state index is 11.4. The number of rotatable bonds is 7. The van der Waals surface area contributed by atoms with E-state index in [1.165, 1.54) is 21.3 Å². The lowest BCUT2D eigenvalue weighted by molar-refractivity contribution is -0.308. The molecule has 0 aromatic heterocycles. The summed E-state index contributed by atoms with van der Waals surface area (Å²) in [6, 6.07) is 9.51. The number of carboxylic acid groups (broad SMARTS) is 1. The lowest BCUT2D eigenvalue weighted by atomic mass is 9.98. The van der Waals surface area contributed by atoms with Crippen LogP contribution in [0.4, 0.5) is 0 Å². The second-order valence-corrected chi connectivity index (χ2v) is 5.16. The first kappa shape index (κ1) is 17.8. The average Bonchev–Trinajstić information content (AvgIpc) is 2.58. The molecule has 0 unspecified atom stereocenters. The molecule has 1 aromatic carbocycles. The van der Waals surface area contributed by atoms with Gasteiger partial charge in [-0.3, -0.25) is 0 Å². The van der Waals surface area contributed by atoms with E-state index in [1.54, 1.807) is 0 Å². The molecule has 1 aromatic rings. The molecular formula is C16H22O7. The van der Waals surface area contributed by atoms with E-state index in [9.17, 15) is 9.90 Å². The molecule has 0 radical (unpaired) electrons. The molecule has 0 saturated carbocycles. The molecule has 0 spiro atoms. The largest absolute Gasteiger partial charge is 0.479 e. The third kappa shape index (κ3) is 4.07. The van der Waals surface area contributed by atoms with Crippen molar-refractivity contribution in [1.82, 2.24) is 0 Å². The molecule has 0 amide bonds. The minimum Gasteiger partial charge on any atom is -0.479 e. The van der Waals surface area contributed by atoms with Crippen LogP contribution >= 0.6 is 0 Å². The predicted molar refractivity (Wildman–Crippen MR) is 79.9 cm³/mol. The van der Waals surface area contributed by atoms with Crippen molar-refractivity contribution in [1.29, 1.82) is 0 Å². The van der Waals surface area contributed by atoms with Gasteiger partial charge in [0, 0.05) is 21.3 Å². The van der Waals surface area contributed by atoms with Gasteiger partial charge in [0.05, 0.1) is 6.61 Å². The fourth-order valence-corrected chi connectivity index (χ4v) is 2.67. The SMILES string of the molecule is CO[C@@H]1[C@@H](OC)[C@@H](OCc2ccccc2)O[C@H](C(=O)O)[C@H]1OC. The Hall–Kier alpha value is -1.51. The highest BCUT2D eigenvalue weighted by atomic mass is 16.7. The van der Waals surface area contributed by atoms with Gasteiger partial charge in [-0.1, -0.05) is 30.3 Å². The van der Waals surface area contributed by atoms with Gasteiger partial charge in [-0.2, -0.15) is 0 Å². The highest BCUT2D eigenvalue weighted by molar-refractivity contribution is 5.73. The normalized spacial score (nSPS) is 31.0. The number of ether oxygens (including phenoxy) is 5. The van der Waals surface area contributed by atoms with Gasteiger partial charge in [-0.05, 0) is 5.56 Å². The molecule has 7 nitrogen and oxygen atoms in total. The van der Waals surface area contributed by atoms with E-state index in [0.717, 1.165) is 5.56 Å². The van der Waals surface area contributed by atoms with Gasteiger partial charge < -0.3 is 28.8 Å². The third-order valence-corrected chi connectivity index (χ3v) is 3.81. The number of hydrogen-bond acceptors (Lipinski definition) is 6. The molecular weight excluding hydrogens is 304 g/mol. The fraction of sp³-hybridized carbons (Fsp3) is 0.562. The molecule has 0 bridgehead atoms. The van der Waals surface area contributed by atoms with Crippen molar-refractivity contribution in [2.75, 3.05) is 21.3 Å². The Morgan fingerprint density at radius 2 is 1.65 bits per heavy atom. The summed E-state index contributed by atoms with van der Waals surface area (Å²) in [5.41, 5.74) is 0.945. The molecule has 1 aliphatic heterocycles. The maximum Gasteiger partial charge on any atom is 0.335 e. The number of benzene rings is 1. The highest BCUT2D eigenvalue weighted by Crippen LogP contribution is 2.28. The molecule has 23 heavy (non-hydrogen) atoms. The van der Waals surface area contributed by atoms with Crippen LogP contribution in [0.1, 0.15) is 5.56 Å². The van der Waals surface area contributed by atoms with Gasteiger partial charge in [0.1, 0.15) is 18.3 Å².